The van der Waals surface area contributed by atoms with Crippen LogP contribution in [0.1, 0.15) is 117 Å². The standard InChI is InChI=1S/C20H31N.C19H27NO/c1-13(2)8-18-12-21-7-6-17-9-14(3)15(4)10-19(17)20(21)11-16(18)5;1-12(2)7-16-11-20-6-5-15-8-13(3)14(4)9-17(15)18(20)10-19(16)21/h9-10,13,16,18,20H,6-8,11-12H2,1-5H3;8-9,12,16,18H,5-7,10-11H2,1-4H3/t16?,18-,20-;16-,18-/m11/s1. The van der Waals surface area contributed by atoms with Crippen molar-refractivity contribution in [3.8, 4) is 0 Å². The minimum absolute atomic E-state index is 0.259. The maximum Gasteiger partial charge on any atom is 0.139 e. The lowest BCUT2D eigenvalue weighted by Gasteiger charge is -2.47. The van der Waals surface area contributed by atoms with Crippen LogP contribution < -0.4 is 0 Å². The molecule has 2 fully saturated rings. The molecular weight excluding hydrogens is 512 g/mol. The summed E-state index contributed by atoms with van der Waals surface area (Å²) in [5.74, 6) is 3.94. The second-order valence-corrected chi connectivity index (χ2v) is 15.4. The van der Waals surface area contributed by atoms with Crippen molar-refractivity contribution in [3.05, 3.63) is 68.8 Å². The second-order valence-electron chi connectivity index (χ2n) is 15.4. The Morgan fingerprint density at radius 2 is 1.21 bits per heavy atom. The third kappa shape index (κ3) is 6.73. The summed E-state index contributed by atoms with van der Waals surface area (Å²) in [6, 6.07) is 10.6. The first kappa shape index (κ1) is 31.5. The van der Waals surface area contributed by atoms with Crippen LogP contribution in [0.25, 0.3) is 0 Å². The van der Waals surface area contributed by atoms with E-state index < -0.39 is 0 Å². The van der Waals surface area contributed by atoms with Gasteiger partial charge in [0, 0.05) is 50.6 Å². The Morgan fingerprint density at radius 3 is 1.76 bits per heavy atom. The van der Waals surface area contributed by atoms with Gasteiger partial charge in [-0.25, -0.2) is 0 Å². The summed E-state index contributed by atoms with van der Waals surface area (Å²) in [5, 5.41) is 0. The zero-order valence-corrected chi connectivity index (χ0v) is 28.2. The van der Waals surface area contributed by atoms with E-state index >= 15 is 0 Å². The van der Waals surface area contributed by atoms with Gasteiger partial charge < -0.3 is 0 Å². The number of aryl methyl sites for hydroxylation is 4. The molecule has 0 bridgehead atoms. The van der Waals surface area contributed by atoms with Crippen LogP contribution in [0.2, 0.25) is 0 Å². The minimum Gasteiger partial charge on any atom is -0.299 e. The van der Waals surface area contributed by atoms with Gasteiger partial charge in [0.2, 0.25) is 0 Å². The quantitative estimate of drug-likeness (QED) is 0.367. The molecule has 4 heterocycles. The molecule has 0 aromatic heterocycles. The van der Waals surface area contributed by atoms with Gasteiger partial charge in [0.05, 0.1) is 0 Å². The molecule has 4 aliphatic heterocycles. The molecular formula is C39H58N2O. The van der Waals surface area contributed by atoms with E-state index in [-0.39, 0.29) is 5.92 Å². The molecule has 3 nitrogen and oxygen atoms in total. The topological polar surface area (TPSA) is 23.6 Å². The number of piperidine rings is 2. The highest BCUT2D eigenvalue weighted by atomic mass is 16.1. The first-order chi connectivity index (χ1) is 19.9. The minimum atomic E-state index is 0.259. The fourth-order valence-corrected chi connectivity index (χ4v) is 8.49. The first-order valence-corrected chi connectivity index (χ1v) is 17.1. The first-order valence-electron chi connectivity index (χ1n) is 17.1. The molecule has 0 spiro atoms. The molecule has 5 atom stereocenters. The van der Waals surface area contributed by atoms with Crippen molar-refractivity contribution < 1.29 is 4.79 Å². The molecule has 4 aliphatic rings. The van der Waals surface area contributed by atoms with Gasteiger partial charge in [-0.2, -0.15) is 0 Å². The highest BCUT2D eigenvalue weighted by Crippen LogP contribution is 2.43. The molecule has 0 radical (unpaired) electrons. The van der Waals surface area contributed by atoms with Gasteiger partial charge in [-0.15, -0.1) is 0 Å². The van der Waals surface area contributed by atoms with Crippen LogP contribution >= 0.6 is 0 Å². The van der Waals surface area contributed by atoms with Crippen molar-refractivity contribution >= 4 is 5.78 Å². The van der Waals surface area contributed by atoms with E-state index in [1.165, 1.54) is 65.7 Å². The molecule has 2 aromatic carbocycles. The lowest BCUT2D eigenvalue weighted by atomic mass is 9.74. The van der Waals surface area contributed by atoms with Crippen LogP contribution in [0.4, 0.5) is 0 Å². The maximum absolute atomic E-state index is 12.5. The molecule has 42 heavy (non-hydrogen) atoms. The average Bonchev–Trinajstić information content (AvgIpc) is 2.91. The molecule has 0 saturated carbocycles. The lowest BCUT2D eigenvalue weighted by molar-refractivity contribution is -0.129. The van der Waals surface area contributed by atoms with Gasteiger partial charge in [0.25, 0.3) is 0 Å². The summed E-state index contributed by atoms with van der Waals surface area (Å²) in [4.78, 5) is 17.9. The maximum atomic E-state index is 12.5. The fraction of sp³-hybridized carbons (Fsp3) is 0.667. The van der Waals surface area contributed by atoms with Crippen LogP contribution in [-0.4, -0.2) is 41.8 Å². The van der Waals surface area contributed by atoms with E-state index in [1.807, 2.05) is 0 Å². The molecule has 0 amide bonds. The van der Waals surface area contributed by atoms with Crippen molar-refractivity contribution in [2.24, 2.45) is 29.6 Å². The average molecular weight is 571 g/mol. The molecule has 0 aliphatic carbocycles. The SMILES string of the molecule is Cc1cc2c(cc1C)[C@H]1CC(=O)[C@H](CC(C)C)CN1CC2.Cc1cc2c(cc1C)[C@H]1CC(C)[C@H](CC(C)C)CN1CC2. The van der Waals surface area contributed by atoms with Gasteiger partial charge in [-0.3, -0.25) is 14.6 Å². The summed E-state index contributed by atoms with van der Waals surface area (Å²) in [6.45, 7) is 25.2. The Hall–Kier alpha value is -1.97. The number of hydrogen-bond donors (Lipinski definition) is 0. The zero-order valence-electron chi connectivity index (χ0n) is 28.2. The Bertz CT molecular complexity index is 1280. The summed E-state index contributed by atoms with van der Waals surface area (Å²) in [5.41, 5.74) is 11.8. The van der Waals surface area contributed by atoms with Crippen LogP contribution in [0.5, 0.6) is 0 Å². The Labute approximate surface area is 257 Å². The van der Waals surface area contributed by atoms with E-state index in [1.54, 1.807) is 11.1 Å². The number of rotatable bonds is 4. The van der Waals surface area contributed by atoms with Crippen LogP contribution in [0, 0.1) is 57.3 Å². The van der Waals surface area contributed by atoms with Crippen LogP contribution in [0.3, 0.4) is 0 Å². The van der Waals surface area contributed by atoms with Crippen molar-refractivity contribution in [2.75, 3.05) is 26.2 Å². The number of Topliss-reactive ketones (excluding diaryl/α,β-unsaturated/α-hetero) is 1. The van der Waals surface area contributed by atoms with E-state index in [0.717, 1.165) is 43.7 Å². The lowest BCUT2D eigenvalue weighted by Crippen LogP contribution is -2.46. The van der Waals surface area contributed by atoms with Gasteiger partial charge in [-0.05, 0) is 128 Å². The van der Waals surface area contributed by atoms with E-state index in [9.17, 15) is 4.79 Å². The van der Waals surface area contributed by atoms with Crippen molar-refractivity contribution in [1.82, 2.24) is 9.80 Å². The number of carbonyl (C=O) groups excluding carboxylic acids is 1. The monoisotopic (exact) mass is 570 g/mol. The highest BCUT2D eigenvalue weighted by molar-refractivity contribution is 5.83. The van der Waals surface area contributed by atoms with Gasteiger partial charge in [0.15, 0.2) is 0 Å². The Balaban J connectivity index is 0.000000168. The summed E-state index contributed by atoms with van der Waals surface area (Å²) in [7, 11) is 0. The van der Waals surface area contributed by atoms with Crippen molar-refractivity contribution in [3.63, 3.8) is 0 Å². The summed E-state index contributed by atoms with van der Waals surface area (Å²) < 4.78 is 0. The van der Waals surface area contributed by atoms with Crippen LogP contribution in [0.15, 0.2) is 24.3 Å². The zero-order chi connectivity index (χ0) is 30.3. The smallest absolute Gasteiger partial charge is 0.139 e. The van der Waals surface area contributed by atoms with E-state index in [4.69, 9.17) is 0 Å². The van der Waals surface area contributed by atoms with Crippen molar-refractivity contribution in [1.29, 1.82) is 0 Å². The third-order valence-corrected chi connectivity index (χ3v) is 11.2. The molecule has 6 rings (SSSR count). The Kier molecular flexibility index (Phi) is 9.70. The summed E-state index contributed by atoms with van der Waals surface area (Å²) >= 11 is 0. The molecule has 2 saturated heterocycles. The highest BCUT2D eigenvalue weighted by Gasteiger charge is 2.39. The number of ketones is 1. The molecule has 1 unspecified atom stereocenters. The normalized spacial score (nSPS) is 27.6. The van der Waals surface area contributed by atoms with Crippen LogP contribution in [-0.2, 0) is 17.6 Å². The Morgan fingerprint density at radius 1 is 0.714 bits per heavy atom. The molecule has 3 heteroatoms. The largest absolute Gasteiger partial charge is 0.299 e. The van der Waals surface area contributed by atoms with Gasteiger partial charge >= 0.3 is 0 Å². The fourth-order valence-electron chi connectivity index (χ4n) is 8.49. The number of benzene rings is 2. The number of hydrogen-bond acceptors (Lipinski definition) is 3. The number of carbonyl (C=O) groups is 1. The van der Waals surface area contributed by atoms with E-state index in [0.29, 0.717) is 30.2 Å². The predicted molar refractivity (Wildman–Crippen MR) is 177 cm³/mol. The second kappa shape index (κ2) is 12.9. The number of fused-ring (bicyclic) bond motifs is 6. The van der Waals surface area contributed by atoms with Gasteiger partial charge in [0.1, 0.15) is 5.78 Å². The molecule has 0 N–H and O–H groups in total. The third-order valence-electron chi connectivity index (χ3n) is 11.2. The molecule has 2 aromatic rings. The van der Waals surface area contributed by atoms with Gasteiger partial charge in [-0.1, -0.05) is 58.9 Å². The van der Waals surface area contributed by atoms with Crippen molar-refractivity contribution in [2.45, 2.75) is 113 Å². The predicted octanol–water partition coefficient (Wildman–Crippen LogP) is 8.74. The van der Waals surface area contributed by atoms with E-state index in [2.05, 4.69) is 96.4 Å². The molecule has 230 valence electrons. The number of nitrogens with zero attached hydrogens (tertiary/aromatic N) is 2. The summed E-state index contributed by atoms with van der Waals surface area (Å²) in [6.07, 6.45) is 6.89.